The van der Waals surface area contributed by atoms with Crippen LogP contribution in [0.2, 0.25) is 0 Å². The van der Waals surface area contributed by atoms with Gasteiger partial charge < -0.3 is 27.2 Å². The Morgan fingerprint density at radius 2 is 2.09 bits per heavy atom. The normalized spacial score (nSPS) is 12.8. The van der Waals surface area contributed by atoms with Gasteiger partial charge in [-0.2, -0.15) is 0 Å². The Morgan fingerprint density at radius 1 is 1.27 bits per heavy atom. The summed E-state index contributed by atoms with van der Waals surface area (Å²) in [5.41, 5.74) is 1.18. The number of hydrogen-bond donors (Lipinski definition) is 1. The molecule has 22 heavy (non-hydrogen) atoms. The van der Waals surface area contributed by atoms with Crippen LogP contribution >= 0.6 is 11.8 Å². The third-order valence-corrected chi connectivity index (χ3v) is 4.04. The third kappa shape index (κ3) is 4.25. The number of ether oxygens (including phenoxy) is 2. The van der Waals surface area contributed by atoms with Crippen molar-refractivity contribution in [1.82, 2.24) is 25.5 Å². The summed E-state index contributed by atoms with van der Waals surface area (Å²) in [5.74, 6) is 2.58. The summed E-state index contributed by atoms with van der Waals surface area (Å²) in [5, 5.41) is 15.5. The Labute approximate surface area is 139 Å². The van der Waals surface area contributed by atoms with Gasteiger partial charge in [-0.05, 0) is 28.1 Å². The van der Waals surface area contributed by atoms with E-state index in [1.807, 2.05) is 19.2 Å². The fraction of sp³-hybridized carbons (Fsp3) is 0.462. The van der Waals surface area contributed by atoms with E-state index in [2.05, 4.69) is 26.9 Å². The van der Waals surface area contributed by atoms with Gasteiger partial charge in [-0.25, -0.2) is 4.68 Å². The molecule has 0 unspecified atom stereocenters. The van der Waals surface area contributed by atoms with Crippen molar-refractivity contribution in [3.05, 3.63) is 23.8 Å². The van der Waals surface area contributed by atoms with Gasteiger partial charge in [0.15, 0.2) is 11.5 Å². The summed E-state index contributed by atoms with van der Waals surface area (Å²) in [7, 11) is 1.84. The van der Waals surface area contributed by atoms with Crippen LogP contribution in [0, 0.1) is 0 Å². The predicted octanol–water partition coefficient (Wildman–Crippen LogP) is -2.13. The van der Waals surface area contributed by atoms with Crippen molar-refractivity contribution in [3.63, 3.8) is 0 Å². The van der Waals surface area contributed by atoms with E-state index >= 15 is 0 Å². The van der Waals surface area contributed by atoms with Crippen LogP contribution in [0.3, 0.4) is 0 Å². The molecule has 0 aliphatic carbocycles. The molecule has 0 radical (unpaired) electrons. The first kappa shape index (κ1) is 16.9. The molecule has 0 spiro atoms. The van der Waals surface area contributed by atoms with Gasteiger partial charge in [0.25, 0.3) is 0 Å². The lowest BCUT2D eigenvalue weighted by molar-refractivity contribution is -0.00000510. The highest BCUT2D eigenvalue weighted by atomic mass is 35.5. The molecule has 1 aromatic heterocycles. The summed E-state index contributed by atoms with van der Waals surface area (Å²) in [6.45, 7) is 2.92. The van der Waals surface area contributed by atoms with Gasteiger partial charge in [0.2, 0.25) is 5.16 Å². The smallest absolute Gasteiger partial charge is 0.209 e. The molecule has 9 heteroatoms. The van der Waals surface area contributed by atoms with Gasteiger partial charge >= 0.3 is 0 Å². The van der Waals surface area contributed by atoms with Gasteiger partial charge in [-0.1, -0.05) is 17.8 Å². The lowest BCUT2D eigenvalue weighted by atomic mass is 10.2. The molecule has 7 nitrogen and oxygen atoms in total. The van der Waals surface area contributed by atoms with Crippen molar-refractivity contribution in [3.8, 4) is 11.5 Å². The first-order chi connectivity index (χ1) is 10.3. The number of thioether (sulfide) groups is 1. The molecule has 1 N–H and O–H groups in total. The Bertz CT molecular complexity index is 610. The molecule has 0 saturated heterocycles. The summed E-state index contributed by atoms with van der Waals surface area (Å²) in [4.78, 5) is 0. The van der Waals surface area contributed by atoms with E-state index in [0.29, 0.717) is 13.2 Å². The topological polar surface area (TPSA) is 74.1 Å². The molecule has 0 amide bonds. The molecule has 1 aliphatic rings. The van der Waals surface area contributed by atoms with Crippen LogP contribution in [0.1, 0.15) is 5.56 Å². The van der Waals surface area contributed by atoms with Gasteiger partial charge in [0, 0.05) is 25.9 Å². The molecule has 2 heterocycles. The maximum Gasteiger partial charge on any atom is 0.209 e. The average Bonchev–Trinajstić information content (AvgIpc) is 2.92. The number of aromatic nitrogens is 4. The molecular weight excluding hydrogens is 326 g/mol. The van der Waals surface area contributed by atoms with Crippen LogP contribution < -0.4 is 27.2 Å². The zero-order valence-electron chi connectivity index (χ0n) is 12.2. The molecule has 1 aromatic carbocycles. The quantitative estimate of drug-likeness (QED) is 0.475. The van der Waals surface area contributed by atoms with E-state index in [0.717, 1.165) is 35.5 Å². The van der Waals surface area contributed by atoms with Crippen molar-refractivity contribution in [1.29, 1.82) is 0 Å². The van der Waals surface area contributed by atoms with Crippen LogP contribution in [0.5, 0.6) is 11.5 Å². The van der Waals surface area contributed by atoms with Gasteiger partial charge in [0.1, 0.15) is 13.2 Å². The number of nitrogens with one attached hydrogen (secondary N) is 1. The first-order valence-electron chi connectivity index (χ1n) is 6.77. The molecule has 1 aliphatic heterocycles. The Hall–Kier alpha value is -1.51. The van der Waals surface area contributed by atoms with Crippen LogP contribution in [0.4, 0.5) is 0 Å². The van der Waals surface area contributed by atoms with Crippen molar-refractivity contribution < 1.29 is 21.9 Å². The van der Waals surface area contributed by atoms with Gasteiger partial charge in [-0.3, -0.25) is 0 Å². The maximum absolute atomic E-state index is 5.57. The number of fused-ring (bicyclic) bond motifs is 1. The average molecular weight is 343 g/mol. The lowest BCUT2D eigenvalue weighted by Crippen LogP contribution is -3.00. The second-order valence-corrected chi connectivity index (χ2v) is 5.65. The highest BCUT2D eigenvalue weighted by Crippen LogP contribution is 2.30. The Kier molecular flexibility index (Phi) is 6.29. The number of aryl methyl sites for hydroxylation is 1. The second-order valence-electron chi connectivity index (χ2n) is 4.59. The number of nitrogens with zero attached hydrogens (tertiary/aromatic N) is 4. The molecule has 2 aromatic rings. The van der Waals surface area contributed by atoms with Crippen molar-refractivity contribution in [2.75, 3.05) is 25.5 Å². The summed E-state index contributed by atoms with van der Waals surface area (Å²) < 4.78 is 12.7. The molecule has 3 rings (SSSR count). The standard InChI is InChI=1S/C13H17N5O2S.ClH/c1-18-13(15-16-17-18)21-7-4-14-9-10-2-3-11-12(8-10)20-6-5-19-11;/h2-3,8,14H,4-7,9H2,1H3;1H/p-1. The molecule has 0 fully saturated rings. The molecule has 0 atom stereocenters. The molecule has 0 bridgehead atoms. The van der Waals surface area contributed by atoms with Crippen LogP contribution in [0.25, 0.3) is 0 Å². The number of tetrazole rings is 1. The Morgan fingerprint density at radius 3 is 2.86 bits per heavy atom. The Balaban J connectivity index is 0.00000176. The second kappa shape index (κ2) is 8.21. The highest BCUT2D eigenvalue weighted by Gasteiger charge is 2.11. The summed E-state index contributed by atoms with van der Waals surface area (Å²) in [6, 6.07) is 6.05. The zero-order chi connectivity index (χ0) is 14.5. The van der Waals surface area contributed by atoms with E-state index in [1.165, 1.54) is 5.56 Å². The molecular formula is C13H17ClN5O2S-. The number of rotatable bonds is 6. The number of benzene rings is 1. The van der Waals surface area contributed by atoms with E-state index in [-0.39, 0.29) is 12.4 Å². The molecule has 0 saturated carbocycles. The maximum atomic E-state index is 5.57. The number of halogens is 1. The number of hydrogen-bond acceptors (Lipinski definition) is 7. The fourth-order valence-corrected chi connectivity index (χ4v) is 2.74. The van der Waals surface area contributed by atoms with E-state index in [4.69, 9.17) is 9.47 Å². The molecule has 120 valence electrons. The van der Waals surface area contributed by atoms with Crippen molar-refractivity contribution >= 4 is 11.8 Å². The van der Waals surface area contributed by atoms with Crippen LogP contribution in [0.15, 0.2) is 23.4 Å². The first-order valence-corrected chi connectivity index (χ1v) is 7.76. The largest absolute Gasteiger partial charge is 1.00 e. The summed E-state index contributed by atoms with van der Waals surface area (Å²) >= 11 is 1.63. The van der Waals surface area contributed by atoms with Gasteiger partial charge in [-0.15, -0.1) is 5.10 Å². The van der Waals surface area contributed by atoms with Crippen molar-refractivity contribution in [2.45, 2.75) is 11.7 Å². The monoisotopic (exact) mass is 342 g/mol. The van der Waals surface area contributed by atoms with Gasteiger partial charge in [0.05, 0.1) is 0 Å². The van der Waals surface area contributed by atoms with E-state index < -0.39 is 0 Å². The minimum absolute atomic E-state index is 0. The zero-order valence-corrected chi connectivity index (χ0v) is 13.7. The van der Waals surface area contributed by atoms with Crippen molar-refractivity contribution in [2.24, 2.45) is 7.05 Å². The van der Waals surface area contributed by atoms with Crippen LogP contribution in [-0.2, 0) is 13.6 Å². The van der Waals surface area contributed by atoms with E-state index in [1.54, 1.807) is 16.4 Å². The SMILES string of the molecule is Cn1nnnc1SCCNCc1ccc2c(c1)OCCO2.[Cl-]. The third-order valence-electron chi connectivity index (χ3n) is 3.03. The minimum atomic E-state index is 0. The minimum Gasteiger partial charge on any atom is -1.00 e. The fourth-order valence-electron chi connectivity index (χ4n) is 1.99. The predicted molar refractivity (Wildman–Crippen MR) is 78.7 cm³/mol. The highest BCUT2D eigenvalue weighted by molar-refractivity contribution is 7.99. The van der Waals surface area contributed by atoms with Crippen LogP contribution in [-0.4, -0.2) is 45.7 Å². The lowest BCUT2D eigenvalue weighted by Gasteiger charge is -2.18. The summed E-state index contributed by atoms with van der Waals surface area (Å²) in [6.07, 6.45) is 0. The van der Waals surface area contributed by atoms with E-state index in [9.17, 15) is 0 Å².